The Hall–Kier alpha value is -0.450. The SMILES string of the molecule is CCOCc1nc(C)c(CNC2CC2)s1. The zero-order valence-electron chi connectivity index (χ0n) is 9.38. The van der Waals surface area contributed by atoms with E-state index in [-0.39, 0.29) is 0 Å². The van der Waals surface area contributed by atoms with Crippen LogP contribution in [0.5, 0.6) is 0 Å². The monoisotopic (exact) mass is 226 g/mol. The number of hydrogen-bond acceptors (Lipinski definition) is 4. The summed E-state index contributed by atoms with van der Waals surface area (Å²) in [5.74, 6) is 0. The maximum atomic E-state index is 5.35. The van der Waals surface area contributed by atoms with Crippen LogP contribution in [0, 0.1) is 6.92 Å². The van der Waals surface area contributed by atoms with Gasteiger partial charge in [-0.2, -0.15) is 0 Å². The van der Waals surface area contributed by atoms with Crippen LogP contribution in [0.25, 0.3) is 0 Å². The molecule has 0 aromatic carbocycles. The van der Waals surface area contributed by atoms with Crippen molar-refractivity contribution in [1.29, 1.82) is 0 Å². The van der Waals surface area contributed by atoms with Gasteiger partial charge in [0.25, 0.3) is 0 Å². The molecule has 0 saturated heterocycles. The van der Waals surface area contributed by atoms with Crippen molar-refractivity contribution < 1.29 is 4.74 Å². The van der Waals surface area contributed by atoms with Crippen LogP contribution < -0.4 is 5.32 Å². The number of nitrogens with one attached hydrogen (secondary N) is 1. The first-order chi connectivity index (χ1) is 7.29. The van der Waals surface area contributed by atoms with Gasteiger partial charge >= 0.3 is 0 Å². The average Bonchev–Trinajstić information content (AvgIpc) is 2.98. The predicted octanol–water partition coefficient (Wildman–Crippen LogP) is 2.24. The molecule has 0 unspecified atom stereocenters. The molecule has 0 atom stereocenters. The van der Waals surface area contributed by atoms with Crippen LogP contribution in [0.4, 0.5) is 0 Å². The quantitative estimate of drug-likeness (QED) is 0.807. The van der Waals surface area contributed by atoms with Gasteiger partial charge in [-0.05, 0) is 26.7 Å². The lowest BCUT2D eigenvalue weighted by atomic mass is 10.4. The smallest absolute Gasteiger partial charge is 0.119 e. The Bertz CT molecular complexity index is 320. The maximum Gasteiger partial charge on any atom is 0.119 e. The number of rotatable bonds is 6. The maximum absolute atomic E-state index is 5.35. The van der Waals surface area contributed by atoms with Crippen LogP contribution in [-0.2, 0) is 17.9 Å². The van der Waals surface area contributed by atoms with Gasteiger partial charge in [0.05, 0.1) is 12.3 Å². The van der Waals surface area contributed by atoms with Gasteiger partial charge in [0.2, 0.25) is 0 Å². The van der Waals surface area contributed by atoms with E-state index in [0.29, 0.717) is 6.61 Å². The van der Waals surface area contributed by atoms with Gasteiger partial charge in [0.15, 0.2) is 0 Å². The van der Waals surface area contributed by atoms with Gasteiger partial charge in [-0.15, -0.1) is 11.3 Å². The minimum atomic E-state index is 0.658. The van der Waals surface area contributed by atoms with Crippen LogP contribution in [0.2, 0.25) is 0 Å². The van der Waals surface area contributed by atoms with Gasteiger partial charge in [0.1, 0.15) is 5.01 Å². The number of hydrogen-bond donors (Lipinski definition) is 1. The van der Waals surface area contributed by atoms with E-state index in [1.807, 2.05) is 6.92 Å². The Labute approximate surface area is 94.9 Å². The molecule has 1 fully saturated rings. The first kappa shape index (κ1) is 11.0. The van der Waals surface area contributed by atoms with E-state index < -0.39 is 0 Å². The second-order valence-corrected chi connectivity index (χ2v) is 5.08. The van der Waals surface area contributed by atoms with Gasteiger partial charge in [-0.25, -0.2) is 4.98 Å². The van der Waals surface area contributed by atoms with Crippen LogP contribution in [0.15, 0.2) is 0 Å². The third-order valence-corrected chi connectivity index (χ3v) is 3.63. The molecule has 0 amide bonds. The molecule has 4 heteroatoms. The number of aromatic nitrogens is 1. The highest BCUT2D eigenvalue weighted by Gasteiger charge is 2.20. The van der Waals surface area contributed by atoms with Crippen molar-refractivity contribution in [2.24, 2.45) is 0 Å². The van der Waals surface area contributed by atoms with Crippen LogP contribution >= 0.6 is 11.3 Å². The Morgan fingerprint density at radius 3 is 3.00 bits per heavy atom. The molecule has 15 heavy (non-hydrogen) atoms. The Morgan fingerprint density at radius 2 is 2.33 bits per heavy atom. The highest BCUT2D eigenvalue weighted by atomic mass is 32.1. The fraction of sp³-hybridized carbons (Fsp3) is 0.727. The molecule has 1 aromatic rings. The number of aryl methyl sites for hydroxylation is 1. The molecular formula is C11H18N2OS. The van der Waals surface area contributed by atoms with Crippen molar-refractivity contribution in [1.82, 2.24) is 10.3 Å². The molecular weight excluding hydrogens is 208 g/mol. The summed E-state index contributed by atoms with van der Waals surface area (Å²) in [7, 11) is 0. The van der Waals surface area contributed by atoms with Crippen molar-refractivity contribution in [3.8, 4) is 0 Å². The van der Waals surface area contributed by atoms with Crippen molar-refractivity contribution in [2.75, 3.05) is 6.61 Å². The molecule has 0 aliphatic heterocycles. The zero-order chi connectivity index (χ0) is 10.7. The van der Waals surface area contributed by atoms with Crippen LogP contribution in [-0.4, -0.2) is 17.6 Å². The number of ether oxygens (including phenoxy) is 1. The lowest BCUT2D eigenvalue weighted by molar-refractivity contribution is 0.134. The Balaban J connectivity index is 1.87. The predicted molar refractivity (Wildman–Crippen MR) is 62.0 cm³/mol. The summed E-state index contributed by atoms with van der Waals surface area (Å²) in [6.45, 7) is 6.48. The summed E-state index contributed by atoms with van der Waals surface area (Å²) in [6.07, 6.45) is 2.67. The molecule has 84 valence electrons. The third-order valence-electron chi connectivity index (χ3n) is 2.50. The summed E-state index contributed by atoms with van der Waals surface area (Å²) >= 11 is 1.77. The molecule has 2 rings (SSSR count). The highest BCUT2D eigenvalue weighted by molar-refractivity contribution is 7.11. The minimum absolute atomic E-state index is 0.658. The van der Waals surface area contributed by atoms with Gasteiger partial charge < -0.3 is 10.1 Å². The van der Waals surface area contributed by atoms with Crippen molar-refractivity contribution in [3.63, 3.8) is 0 Å². The molecule has 1 saturated carbocycles. The van der Waals surface area contributed by atoms with Crippen LogP contribution in [0.3, 0.4) is 0 Å². The van der Waals surface area contributed by atoms with E-state index in [2.05, 4.69) is 17.2 Å². The normalized spacial score (nSPS) is 15.9. The summed E-state index contributed by atoms with van der Waals surface area (Å²) in [4.78, 5) is 5.86. The first-order valence-corrected chi connectivity index (χ1v) is 6.37. The largest absolute Gasteiger partial charge is 0.375 e. The first-order valence-electron chi connectivity index (χ1n) is 5.56. The van der Waals surface area contributed by atoms with E-state index in [1.54, 1.807) is 11.3 Å². The summed E-state index contributed by atoms with van der Waals surface area (Å²) in [6, 6.07) is 0.766. The topological polar surface area (TPSA) is 34.1 Å². The summed E-state index contributed by atoms with van der Waals surface area (Å²) in [5, 5.41) is 4.61. The van der Waals surface area contributed by atoms with E-state index >= 15 is 0 Å². The van der Waals surface area contributed by atoms with E-state index in [4.69, 9.17) is 4.74 Å². The highest BCUT2D eigenvalue weighted by Crippen LogP contribution is 2.22. The van der Waals surface area contributed by atoms with Gasteiger partial charge in [-0.1, -0.05) is 0 Å². The third kappa shape index (κ3) is 3.26. The summed E-state index contributed by atoms with van der Waals surface area (Å²) < 4.78 is 5.35. The van der Waals surface area contributed by atoms with Crippen molar-refractivity contribution in [2.45, 2.75) is 45.9 Å². The summed E-state index contributed by atoms with van der Waals surface area (Å²) in [5.41, 5.74) is 1.16. The standard InChI is InChI=1S/C11H18N2OS/c1-3-14-7-11-13-8(2)10(15-11)6-12-9-4-5-9/h9,12H,3-7H2,1-2H3. The molecule has 0 bridgehead atoms. The van der Waals surface area contributed by atoms with Crippen molar-refractivity contribution in [3.05, 3.63) is 15.6 Å². The number of thiazole rings is 1. The Morgan fingerprint density at radius 1 is 1.53 bits per heavy atom. The van der Waals surface area contributed by atoms with Crippen molar-refractivity contribution >= 4 is 11.3 Å². The molecule has 1 N–H and O–H groups in total. The van der Waals surface area contributed by atoms with Gasteiger partial charge in [-0.3, -0.25) is 0 Å². The molecule has 1 aromatic heterocycles. The second-order valence-electron chi connectivity index (χ2n) is 3.91. The molecule has 1 aliphatic rings. The van der Waals surface area contributed by atoms with Crippen LogP contribution in [0.1, 0.15) is 35.3 Å². The molecule has 1 heterocycles. The van der Waals surface area contributed by atoms with Gasteiger partial charge in [0, 0.05) is 24.1 Å². The molecule has 3 nitrogen and oxygen atoms in total. The molecule has 0 spiro atoms. The second kappa shape index (κ2) is 5.05. The fourth-order valence-electron chi connectivity index (χ4n) is 1.43. The van der Waals surface area contributed by atoms with E-state index in [1.165, 1.54) is 17.7 Å². The lowest BCUT2D eigenvalue weighted by Gasteiger charge is -1.99. The zero-order valence-corrected chi connectivity index (χ0v) is 10.2. The van der Waals surface area contributed by atoms with E-state index in [0.717, 1.165) is 29.9 Å². The Kier molecular flexibility index (Phi) is 3.72. The van der Waals surface area contributed by atoms with E-state index in [9.17, 15) is 0 Å². The molecule has 0 radical (unpaired) electrons. The lowest BCUT2D eigenvalue weighted by Crippen LogP contribution is -2.14. The average molecular weight is 226 g/mol. The minimum Gasteiger partial charge on any atom is -0.375 e. The molecule has 1 aliphatic carbocycles. The fourth-order valence-corrected chi connectivity index (χ4v) is 2.39. The number of nitrogens with zero attached hydrogens (tertiary/aromatic N) is 1.